The van der Waals surface area contributed by atoms with Crippen LogP contribution < -0.4 is 5.32 Å². The summed E-state index contributed by atoms with van der Waals surface area (Å²) in [5, 5.41) is 2.52. The molecule has 0 saturated carbocycles. The summed E-state index contributed by atoms with van der Waals surface area (Å²) in [5.41, 5.74) is -0.0420. The van der Waals surface area contributed by atoms with Crippen LogP contribution in [0.4, 0.5) is 4.39 Å². The summed E-state index contributed by atoms with van der Waals surface area (Å²) >= 11 is 0. The van der Waals surface area contributed by atoms with E-state index in [1.165, 1.54) is 18.2 Å². The van der Waals surface area contributed by atoms with Crippen LogP contribution in [0.2, 0.25) is 0 Å². The van der Waals surface area contributed by atoms with Gasteiger partial charge in [-0.15, -0.1) is 0 Å². The zero-order valence-electron chi connectivity index (χ0n) is 12.8. The number of rotatable bonds is 4. The molecule has 1 aliphatic rings. The zero-order valence-corrected chi connectivity index (χ0v) is 12.8. The van der Waals surface area contributed by atoms with Crippen LogP contribution in [0.25, 0.3) is 0 Å². The van der Waals surface area contributed by atoms with Gasteiger partial charge in [-0.1, -0.05) is 12.1 Å². The lowest BCUT2D eigenvalue weighted by Gasteiger charge is -2.14. The maximum absolute atomic E-state index is 13.6. The van der Waals surface area contributed by atoms with Crippen LogP contribution >= 0.6 is 0 Å². The molecule has 0 aliphatic carbocycles. The van der Waals surface area contributed by atoms with Crippen molar-refractivity contribution in [1.82, 2.24) is 5.32 Å². The first-order valence-electron chi connectivity index (χ1n) is 7.45. The monoisotopic (exact) mass is 308 g/mol. The molecule has 120 valence electrons. The number of nitrogens with zero attached hydrogens (tertiary/aromatic N) is 1. The van der Waals surface area contributed by atoms with Crippen LogP contribution in [0.3, 0.4) is 0 Å². The van der Waals surface area contributed by atoms with Crippen LogP contribution in [0, 0.1) is 5.82 Å². The molecule has 1 aromatic rings. The summed E-state index contributed by atoms with van der Waals surface area (Å²) in [4.78, 5) is 16.4. The highest BCUT2D eigenvalue weighted by atomic mass is 19.1. The lowest BCUT2D eigenvalue weighted by atomic mass is 10.2. The highest BCUT2D eigenvalue weighted by molar-refractivity contribution is 6.04. The number of halogens is 1. The predicted molar refractivity (Wildman–Crippen MR) is 81.4 cm³/mol. The van der Waals surface area contributed by atoms with Crippen molar-refractivity contribution in [3.05, 3.63) is 35.6 Å². The Morgan fingerprint density at radius 1 is 1.50 bits per heavy atom. The lowest BCUT2D eigenvalue weighted by molar-refractivity contribution is 0.0952. The van der Waals surface area contributed by atoms with Gasteiger partial charge in [0.05, 0.1) is 24.3 Å². The molecule has 0 bridgehead atoms. The number of nitrogens with one attached hydrogen (secondary N) is 1. The molecule has 1 saturated heterocycles. The summed E-state index contributed by atoms with van der Waals surface area (Å²) in [5.74, 6) is -1.16. The van der Waals surface area contributed by atoms with E-state index in [1.807, 2.05) is 13.8 Å². The third kappa shape index (κ3) is 4.80. The summed E-state index contributed by atoms with van der Waals surface area (Å²) in [6.07, 6.45) is 1.86. The molecular weight excluding hydrogens is 287 g/mol. The summed E-state index contributed by atoms with van der Waals surface area (Å²) < 4.78 is 24.6. The Morgan fingerprint density at radius 2 is 2.27 bits per heavy atom. The molecule has 5 nitrogen and oxygen atoms in total. The number of benzene rings is 1. The third-order valence-electron chi connectivity index (χ3n) is 3.15. The molecule has 0 radical (unpaired) electrons. The summed E-state index contributed by atoms with van der Waals surface area (Å²) in [6, 6.07) is 5.88. The second-order valence-electron chi connectivity index (χ2n) is 5.38. The molecule has 1 heterocycles. The quantitative estimate of drug-likeness (QED) is 0.687. The Bertz CT molecular complexity index is 540. The van der Waals surface area contributed by atoms with E-state index in [0.717, 1.165) is 19.4 Å². The minimum Gasteiger partial charge on any atom is -0.462 e. The second kappa shape index (κ2) is 7.89. The smallest absolute Gasteiger partial charge is 0.292 e. The van der Waals surface area contributed by atoms with Crippen LogP contribution in [-0.4, -0.2) is 37.3 Å². The number of carbonyl (C=O) groups excluding carboxylic acids is 1. The Kier molecular flexibility index (Phi) is 5.89. The largest absolute Gasteiger partial charge is 0.462 e. The number of hydrogen-bond donors (Lipinski definition) is 1. The van der Waals surface area contributed by atoms with Crippen LogP contribution in [0.5, 0.6) is 0 Å². The highest BCUT2D eigenvalue weighted by Crippen LogP contribution is 2.12. The molecule has 0 aromatic heterocycles. The molecular formula is C16H21FN2O3. The normalized spacial score (nSPS) is 18.5. The van der Waals surface area contributed by atoms with Crippen molar-refractivity contribution in [2.75, 3.05) is 13.2 Å². The predicted octanol–water partition coefficient (Wildman–Crippen LogP) is 2.52. The van der Waals surface area contributed by atoms with Gasteiger partial charge in [-0.3, -0.25) is 10.1 Å². The SMILES string of the molecule is CC(C)OC(=NC[C@H]1CCCO1)NC(=O)c1ccccc1F. The Labute approximate surface area is 129 Å². The first kappa shape index (κ1) is 16.4. The van der Waals surface area contributed by atoms with E-state index in [4.69, 9.17) is 9.47 Å². The molecule has 1 aromatic carbocycles. The van der Waals surface area contributed by atoms with Crippen molar-refractivity contribution in [3.8, 4) is 0 Å². The Balaban J connectivity index is 2.03. The average molecular weight is 308 g/mol. The average Bonchev–Trinajstić information content (AvgIpc) is 2.98. The number of hydrogen-bond acceptors (Lipinski definition) is 4. The molecule has 2 rings (SSSR count). The van der Waals surface area contributed by atoms with E-state index in [0.29, 0.717) is 6.54 Å². The molecule has 1 N–H and O–H groups in total. The van der Waals surface area contributed by atoms with E-state index in [9.17, 15) is 9.18 Å². The molecule has 0 spiro atoms. The standard InChI is InChI=1S/C16H21FN2O3/c1-11(2)22-16(18-10-12-6-5-9-21-12)19-15(20)13-7-3-4-8-14(13)17/h3-4,7-8,11-12H,5-6,9-10H2,1-2H3,(H,18,19,20)/t12-/m1/s1. The minimum atomic E-state index is -0.581. The van der Waals surface area contributed by atoms with Crippen molar-refractivity contribution < 1.29 is 18.7 Å². The third-order valence-corrected chi connectivity index (χ3v) is 3.15. The highest BCUT2D eigenvalue weighted by Gasteiger charge is 2.18. The van der Waals surface area contributed by atoms with E-state index in [-0.39, 0.29) is 23.8 Å². The van der Waals surface area contributed by atoms with Gasteiger partial charge < -0.3 is 9.47 Å². The zero-order chi connectivity index (χ0) is 15.9. The van der Waals surface area contributed by atoms with Crippen LogP contribution in [0.1, 0.15) is 37.0 Å². The maximum atomic E-state index is 13.6. The van der Waals surface area contributed by atoms with Gasteiger partial charge in [-0.05, 0) is 38.8 Å². The van der Waals surface area contributed by atoms with Gasteiger partial charge >= 0.3 is 0 Å². The first-order chi connectivity index (χ1) is 10.6. The van der Waals surface area contributed by atoms with Gasteiger partial charge in [0.25, 0.3) is 11.9 Å². The molecule has 1 aliphatic heterocycles. The number of amides is 1. The first-order valence-corrected chi connectivity index (χ1v) is 7.45. The minimum absolute atomic E-state index is 0.0420. The molecule has 1 amide bonds. The fraction of sp³-hybridized carbons (Fsp3) is 0.500. The summed E-state index contributed by atoms with van der Waals surface area (Å²) in [7, 11) is 0. The van der Waals surface area contributed by atoms with Crippen molar-refractivity contribution in [2.24, 2.45) is 4.99 Å². The van der Waals surface area contributed by atoms with E-state index >= 15 is 0 Å². The van der Waals surface area contributed by atoms with Crippen LogP contribution in [-0.2, 0) is 9.47 Å². The number of ether oxygens (including phenoxy) is 2. The fourth-order valence-electron chi connectivity index (χ4n) is 2.11. The topological polar surface area (TPSA) is 59.9 Å². The molecule has 0 unspecified atom stereocenters. The number of aliphatic imine (C=N–C) groups is 1. The number of carbonyl (C=O) groups is 1. The van der Waals surface area contributed by atoms with Gasteiger partial charge in [0.2, 0.25) is 0 Å². The molecule has 1 fully saturated rings. The summed E-state index contributed by atoms with van der Waals surface area (Å²) in [6.45, 7) is 4.81. The van der Waals surface area contributed by atoms with E-state index < -0.39 is 11.7 Å². The molecule has 6 heteroatoms. The van der Waals surface area contributed by atoms with Crippen molar-refractivity contribution in [3.63, 3.8) is 0 Å². The van der Waals surface area contributed by atoms with Gasteiger partial charge in [0, 0.05) is 6.61 Å². The maximum Gasteiger partial charge on any atom is 0.292 e. The van der Waals surface area contributed by atoms with Gasteiger partial charge in [-0.25, -0.2) is 9.38 Å². The molecule has 22 heavy (non-hydrogen) atoms. The van der Waals surface area contributed by atoms with Gasteiger partial charge in [0.15, 0.2) is 0 Å². The second-order valence-corrected chi connectivity index (χ2v) is 5.38. The van der Waals surface area contributed by atoms with Gasteiger partial charge in [-0.2, -0.15) is 0 Å². The van der Waals surface area contributed by atoms with Crippen LogP contribution in [0.15, 0.2) is 29.3 Å². The van der Waals surface area contributed by atoms with E-state index in [2.05, 4.69) is 10.3 Å². The van der Waals surface area contributed by atoms with Gasteiger partial charge in [0.1, 0.15) is 5.82 Å². The van der Waals surface area contributed by atoms with E-state index in [1.54, 1.807) is 6.07 Å². The lowest BCUT2D eigenvalue weighted by Crippen LogP contribution is -2.35. The number of amidine groups is 1. The van der Waals surface area contributed by atoms with Crippen molar-refractivity contribution in [1.29, 1.82) is 0 Å². The van der Waals surface area contributed by atoms with Crippen molar-refractivity contribution >= 4 is 11.9 Å². The van der Waals surface area contributed by atoms with Crippen molar-refractivity contribution in [2.45, 2.75) is 38.9 Å². The molecule has 1 atom stereocenters. The Hall–Kier alpha value is -1.95. The Morgan fingerprint density at radius 3 is 2.91 bits per heavy atom. The fourth-order valence-corrected chi connectivity index (χ4v) is 2.11.